The minimum Gasteiger partial charge on any atom is -0.456 e. The van der Waals surface area contributed by atoms with Crippen LogP contribution >= 0.6 is 0 Å². The Morgan fingerprint density at radius 3 is 1.86 bits per heavy atom. The molecule has 0 aliphatic rings. The van der Waals surface area contributed by atoms with Crippen molar-refractivity contribution < 1.29 is 8.83 Å². The van der Waals surface area contributed by atoms with Crippen molar-refractivity contribution in [3.05, 3.63) is 152 Å². The SMILES string of the molecule is c1ccc(N(c2ccc(-c3ccc4cc5c(cc4c3)oc3ccccc35)cc2)c2cccc3oc4ccccc4c23)cc1. The first kappa shape index (κ1) is 23.9. The van der Waals surface area contributed by atoms with Crippen molar-refractivity contribution in [3.63, 3.8) is 0 Å². The van der Waals surface area contributed by atoms with E-state index in [0.717, 1.165) is 71.9 Å². The van der Waals surface area contributed by atoms with Crippen LogP contribution in [0.5, 0.6) is 0 Å². The Kier molecular flexibility index (Phi) is 5.20. The number of anilines is 3. The normalized spacial score (nSPS) is 11.7. The van der Waals surface area contributed by atoms with E-state index in [-0.39, 0.29) is 0 Å². The molecule has 0 fully saturated rings. The van der Waals surface area contributed by atoms with Crippen molar-refractivity contribution in [3.8, 4) is 11.1 Å². The number of para-hydroxylation sites is 3. The standard InChI is InChI=1S/C40H25NO2/c1-2-9-30(10-3-1)41(35-13-8-16-38-40(35)33-12-5-7-15-37(33)42-38)31-21-19-26(20-22-31)27-17-18-28-24-34-32-11-4-6-14-36(32)43-39(34)25-29(28)23-27/h1-25H. The fourth-order valence-electron chi connectivity index (χ4n) is 6.40. The number of furan rings is 2. The van der Waals surface area contributed by atoms with Gasteiger partial charge < -0.3 is 13.7 Å². The zero-order valence-corrected chi connectivity index (χ0v) is 23.2. The second-order valence-corrected chi connectivity index (χ2v) is 11.0. The van der Waals surface area contributed by atoms with Crippen LogP contribution in [-0.2, 0) is 0 Å². The first-order chi connectivity index (χ1) is 21.3. The zero-order valence-electron chi connectivity index (χ0n) is 23.2. The summed E-state index contributed by atoms with van der Waals surface area (Å²) in [4.78, 5) is 2.31. The summed E-state index contributed by atoms with van der Waals surface area (Å²) < 4.78 is 12.4. The van der Waals surface area contributed by atoms with Crippen LogP contribution in [0.15, 0.2) is 160 Å². The van der Waals surface area contributed by atoms with Gasteiger partial charge in [-0.3, -0.25) is 0 Å². The molecule has 0 saturated heterocycles. The summed E-state index contributed by atoms with van der Waals surface area (Å²) in [5, 5.41) is 6.90. The number of nitrogens with zero attached hydrogens (tertiary/aromatic N) is 1. The summed E-state index contributed by atoms with van der Waals surface area (Å²) in [5.41, 5.74) is 9.20. The molecular formula is C40H25NO2. The lowest BCUT2D eigenvalue weighted by Crippen LogP contribution is -2.10. The molecule has 0 unspecified atom stereocenters. The van der Waals surface area contributed by atoms with E-state index in [2.05, 4.69) is 126 Å². The van der Waals surface area contributed by atoms with E-state index < -0.39 is 0 Å². The molecule has 43 heavy (non-hydrogen) atoms. The molecule has 0 bridgehead atoms. The molecule has 7 aromatic carbocycles. The maximum absolute atomic E-state index is 6.24. The third-order valence-electron chi connectivity index (χ3n) is 8.43. The van der Waals surface area contributed by atoms with Crippen molar-refractivity contribution in [2.45, 2.75) is 0 Å². The molecule has 0 spiro atoms. The van der Waals surface area contributed by atoms with E-state index in [1.807, 2.05) is 30.3 Å². The van der Waals surface area contributed by atoms with Gasteiger partial charge in [0.1, 0.15) is 22.3 Å². The highest BCUT2D eigenvalue weighted by Gasteiger charge is 2.19. The Bertz CT molecular complexity index is 2450. The number of benzene rings is 7. The third-order valence-corrected chi connectivity index (χ3v) is 8.43. The number of hydrogen-bond donors (Lipinski definition) is 0. The summed E-state index contributed by atoms with van der Waals surface area (Å²) in [6, 6.07) is 53.2. The van der Waals surface area contributed by atoms with Crippen molar-refractivity contribution in [1.29, 1.82) is 0 Å². The van der Waals surface area contributed by atoms with Gasteiger partial charge in [0, 0.05) is 27.5 Å². The number of hydrogen-bond acceptors (Lipinski definition) is 3. The summed E-state index contributed by atoms with van der Waals surface area (Å²) in [5.74, 6) is 0. The molecule has 9 rings (SSSR count). The van der Waals surface area contributed by atoms with Crippen LogP contribution < -0.4 is 4.90 Å². The lowest BCUT2D eigenvalue weighted by atomic mass is 9.99. The molecule has 0 radical (unpaired) electrons. The maximum Gasteiger partial charge on any atom is 0.137 e. The van der Waals surface area contributed by atoms with Gasteiger partial charge in [-0.05, 0) is 88.6 Å². The van der Waals surface area contributed by atoms with E-state index in [1.165, 1.54) is 10.9 Å². The van der Waals surface area contributed by atoms with Crippen molar-refractivity contribution in [1.82, 2.24) is 0 Å². The molecule has 3 heteroatoms. The zero-order chi connectivity index (χ0) is 28.3. The van der Waals surface area contributed by atoms with Crippen LogP contribution in [0.2, 0.25) is 0 Å². The van der Waals surface area contributed by atoms with Gasteiger partial charge in [0.15, 0.2) is 0 Å². The van der Waals surface area contributed by atoms with Crippen LogP contribution in [-0.4, -0.2) is 0 Å². The highest BCUT2D eigenvalue weighted by atomic mass is 16.3. The van der Waals surface area contributed by atoms with Gasteiger partial charge in [-0.15, -0.1) is 0 Å². The second-order valence-electron chi connectivity index (χ2n) is 11.0. The van der Waals surface area contributed by atoms with Gasteiger partial charge in [0.2, 0.25) is 0 Å². The van der Waals surface area contributed by atoms with Gasteiger partial charge in [0.25, 0.3) is 0 Å². The Morgan fingerprint density at radius 2 is 1.02 bits per heavy atom. The molecule has 0 N–H and O–H groups in total. The van der Waals surface area contributed by atoms with Crippen LogP contribution in [0.25, 0.3) is 65.8 Å². The predicted octanol–water partition coefficient (Wildman–Crippen LogP) is 11.8. The number of rotatable bonds is 4. The minimum absolute atomic E-state index is 0.881. The van der Waals surface area contributed by atoms with Gasteiger partial charge in [-0.2, -0.15) is 0 Å². The molecule has 2 aromatic heterocycles. The minimum atomic E-state index is 0.881. The summed E-state index contributed by atoms with van der Waals surface area (Å²) in [6.45, 7) is 0. The Hall–Kier alpha value is -5.80. The molecule has 0 amide bonds. The molecule has 9 aromatic rings. The highest BCUT2D eigenvalue weighted by Crippen LogP contribution is 2.43. The first-order valence-corrected chi connectivity index (χ1v) is 14.5. The van der Waals surface area contributed by atoms with Crippen LogP contribution in [0.4, 0.5) is 17.1 Å². The maximum atomic E-state index is 6.24. The quantitative estimate of drug-likeness (QED) is 0.218. The van der Waals surface area contributed by atoms with E-state index in [9.17, 15) is 0 Å². The molecule has 0 saturated carbocycles. The summed E-state index contributed by atoms with van der Waals surface area (Å²) in [7, 11) is 0. The molecule has 0 atom stereocenters. The van der Waals surface area contributed by atoms with E-state index >= 15 is 0 Å². The van der Waals surface area contributed by atoms with Crippen molar-refractivity contribution in [2.75, 3.05) is 4.90 Å². The van der Waals surface area contributed by atoms with Crippen molar-refractivity contribution >= 4 is 71.7 Å². The molecule has 202 valence electrons. The van der Waals surface area contributed by atoms with Gasteiger partial charge in [-0.1, -0.05) is 84.9 Å². The smallest absolute Gasteiger partial charge is 0.137 e. The van der Waals surface area contributed by atoms with Gasteiger partial charge in [0.05, 0.1) is 11.1 Å². The van der Waals surface area contributed by atoms with Crippen LogP contribution in [0.3, 0.4) is 0 Å². The molecule has 3 nitrogen and oxygen atoms in total. The van der Waals surface area contributed by atoms with Gasteiger partial charge in [-0.25, -0.2) is 0 Å². The van der Waals surface area contributed by atoms with E-state index in [0.29, 0.717) is 0 Å². The fourth-order valence-corrected chi connectivity index (χ4v) is 6.40. The fraction of sp³-hybridized carbons (Fsp3) is 0. The Balaban J connectivity index is 1.16. The lowest BCUT2D eigenvalue weighted by Gasteiger charge is -2.26. The first-order valence-electron chi connectivity index (χ1n) is 14.5. The summed E-state index contributed by atoms with van der Waals surface area (Å²) in [6.07, 6.45) is 0. The van der Waals surface area contributed by atoms with Crippen LogP contribution in [0.1, 0.15) is 0 Å². The van der Waals surface area contributed by atoms with Crippen LogP contribution in [0, 0.1) is 0 Å². The predicted molar refractivity (Wildman–Crippen MR) is 179 cm³/mol. The third kappa shape index (κ3) is 3.83. The topological polar surface area (TPSA) is 29.5 Å². The van der Waals surface area contributed by atoms with E-state index in [4.69, 9.17) is 8.83 Å². The van der Waals surface area contributed by atoms with Crippen molar-refractivity contribution in [2.24, 2.45) is 0 Å². The molecule has 0 aliphatic carbocycles. The van der Waals surface area contributed by atoms with Gasteiger partial charge >= 0.3 is 0 Å². The highest BCUT2D eigenvalue weighted by molar-refractivity contribution is 6.13. The molecule has 0 aliphatic heterocycles. The number of fused-ring (bicyclic) bond motifs is 7. The second kappa shape index (κ2) is 9.37. The lowest BCUT2D eigenvalue weighted by molar-refractivity contribution is 0.669. The van der Waals surface area contributed by atoms with E-state index in [1.54, 1.807) is 0 Å². The monoisotopic (exact) mass is 551 g/mol. The Morgan fingerprint density at radius 1 is 0.372 bits per heavy atom. The summed E-state index contributed by atoms with van der Waals surface area (Å²) >= 11 is 0. The largest absolute Gasteiger partial charge is 0.456 e. The average molecular weight is 552 g/mol. The molecule has 2 heterocycles. The Labute approximate surface area is 247 Å². The average Bonchev–Trinajstić information content (AvgIpc) is 3.63. The molecular weight excluding hydrogens is 526 g/mol.